The maximum absolute atomic E-state index is 13.0. The Labute approximate surface area is 166 Å². The van der Waals surface area contributed by atoms with Gasteiger partial charge in [-0.15, -0.1) is 22.7 Å². The Kier molecular flexibility index (Phi) is 5.09. The minimum atomic E-state index is -0.0431. The normalized spacial score (nSPS) is 16.0. The third-order valence-electron chi connectivity index (χ3n) is 4.70. The maximum Gasteiger partial charge on any atom is 0.261 e. The van der Waals surface area contributed by atoms with Gasteiger partial charge in [0.05, 0.1) is 6.04 Å². The number of amides is 1. The highest BCUT2D eigenvalue weighted by Gasteiger charge is 2.33. The van der Waals surface area contributed by atoms with Crippen LogP contribution in [0.4, 0.5) is 0 Å². The van der Waals surface area contributed by atoms with E-state index < -0.39 is 0 Å². The van der Waals surface area contributed by atoms with Crippen molar-refractivity contribution >= 4 is 34.4 Å². The number of Topliss-reactive ketones (excluding diaryl/α,β-unsaturated/α-hetero) is 1. The van der Waals surface area contributed by atoms with Crippen molar-refractivity contribution in [1.29, 1.82) is 0 Å². The van der Waals surface area contributed by atoms with E-state index in [-0.39, 0.29) is 24.3 Å². The minimum Gasteiger partial charge on any atom is -0.484 e. The van der Waals surface area contributed by atoms with Gasteiger partial charge >= 0.3 is 0 Å². The van der Waals surface area contributed by atoms with Gasteiger partial charge in [0.2, 0.25) is 0 Å². The summed E-state index contributed by atoms with van der Waals surface area (Å²) in [6, 6.07) is 13.1. The molecule has 1 aliphatic heterocycles. The van der Waals surface area contributed by atoms with Crippen molar-refractivity contribution in [2.24, 2.45) is 0 Å². The van der Waals surface area contributed by atoms with Gasteiger partial charge < -0.3 is 9.64 Å². The molecule has 3 aromatic rings. The van der Waals surface area contributed by atoms with Crippen LogP contribution in [0.25, 0.3) is 0 Å². The molecule has 1 atom stereocenters. The standard InChI is InChI=1S/C21H19NO3S2/c1-14(23)15-4-2-5-16(12-15)25-13-20(24)22-9-7-18-17(8-11-27-18)21(22)19-6-3-10-26-19/h2-6,8,10-12,21H,7,9,13H2,1H3. The lowest BCUT2D eigenvalue weighted by atomic mass is 9.98. The molecule has 2 aromatic heterocycles. The molecule has 27 heavy (non-hydrogen) atoms. The van der Waals surface area contributed by atoms with Crippen molar-refractivity contribution in [3.05, 3.63) is 74.1 Å². The summed E-state index contributed by atoms with van der Waals surface area (Å²) in [5.74, 6) is 0.473. The van der Waals surface area contributed by atoms with E-state index in [2.05, 4.69) is 17.5 Å². The van der Waals surface area contributed by atoms with Gasteiger partial charge in [-0.05, 0) is 53.9 Å². The molecule has 3 heterocycles. The highest BCUT2D eigenvalue weighted by atomic mass is 32.1. The summed E-state index contributed by atoms with van der Waals surface area (Å²) < 4.78 is 5.71. The molecule has 1 unspecified atom stereocenters. The number of carbonyl (C=O) groups excluding carboxylic acids is 2. The molecule has 0 bridgehead atoms. The molecule has 4 nitrogen and oxygen atoms in total. The number of rotatable bonds is 5. The highest BCUT2D eigenvalue weighted by Crippen LogP contribution is 2.39. The van der Waals surface area contributed by atoms with Crippen LogP contribution in [0.5, 0.6) is 5.75 Å². The number of ketones is 1. The van der Waals surface area contributed by atoms with E-state index in [1.54, 1.807) is 46.9 Å². The van der Waals surface area contributed by atoms with E-state index >= 15 is 0 Å². The summed E-state index contributed by atoms with van der Waals surface area (Å²) in [5, 5.41) is 4.14. The summed E-state index contributed by atoms with van der Waals surface area (Å²) in [5.41, 5.74) is 1.80. The van der Waals surface area contributed by atoms with Gasteiger partial charge in [-0.25, -0.2) is 0 Å². The van der Waals surface area contributed by atoms with Gasteiger partial charge in [0.1, 0.15) is 5.75 Å². The first-order chi connectivity index (χ1) is 13.1. The third-order valence-corrected chi connectivity index (χ3v) is 6.62. The molecule has 0 spiro atoms. The lowest BCUT2D eigenvalue weighted by Crippen LogP contribution is -2.42. The van der Waals surface area contributed by atoms with E-state index in [1.165, 1.54) is 22.2 Å². The number of hydrogen-bond acceptors (Lipinski definition) is 5. The Morgan fingerprint density at radius 3 is 2.81 bits per heavy atom. The van der Waals surface area contributed by atoms with Gasteiger partial charge in [0, 0.05) is 21.9 Å². The van der Waals surface area contributed by atoms with E-state index in [0.29, 0.717) is 17.9 Å². The third kappa shape index (κ3) is 3.68. The molecular weight excluding hydrogens is 378 g/mol. The largest absolute Gasteiger partial charge is 0.484 e. The average molecular weight is 398 g/mol. The number of thiophene rings is 2. The molecule has 1 aliphatic rings. The summed E-state index contributed by atoms with van der Waals surface area (Å²) in [6.45, 7) is 2.16. The molecule has 0 saturated heterocycles. The fourth-order valence-electron chi connectivity index (χ4n) is 3.37. The summed E-state index contributed by atoms with van der Waals surface area (Å²) in [4.78, 5) is 28.9. The zero-order valence-electron chi connectivity index (χ0n) is 14.9. The predicted molar refractivity (Wildman–Crippen MR) is 108 cm³/mol. The zero-order valence-corrected chi connectivity index (χ0v) is 16.5. The van der Waals surface area contributed by atoms with Crippen LogP contribution in [0.3, 0.4) is 0 Å². The quantitative estimate of drug-likeness (QED) is 0.593. The number of carbonyl (C=O) groups is 2. The molecule has 0 N–H and O–H groups in total. The molecular formula is C21H19NO3S2. The smallest absolute Gasteiger partial charge is 0.261 e. The van der Waals surface area contributed by atoms with Crippen molar-refractivity contribution in [3.63, 3.8) is 0 Å². The first-order valence-electron chi connectivity index (χ1n) is 8.76. The molecule has 0 aliphatic carbocycles. The van der Waals surface area contributed by atoms with Crippen LogP contribution in [-0.2, 0) is 11.2 Å². The fourth-order valence-corrected chi connectivity index (χ4v) is 5.13. The number of benzene rings is 1. The van der Waals surface area contributed by atoms with Crippen molar-refractivity contribution in [2.45, 2.75) is 19.4 Å². The van der Waals surface area contributed by atoms with Gasteiger partial charge in [0.25, 0.3) is 5.91 Å². The van der Waals surface area contributed by atoms with Gasteiger partial charge in [-0.2, -0.15) is 0 Å². The summed E-state index contributed by atoms with van der Waals surface area (Å²) in [7, 11) is 0. The lowest BCUT2D eigenvalue weighted by molar-refractivity contribution is -0.135. The molecule has 6 heteroatoms. The van der Waals surface area contributed by atoms with Crippen molar-refractivity contribution in [3.8, 4) is 5.75 Å². The predicted octanol–water partition coefficient (Wildman–Crippen LogP) is 4.57. The summed E-state index contributed by atoms with van der Waals surface area (Å²) in [6.07, 6.45) is 0.875. The number of fused-ring (bicyclic) bond motifs is 1. The Hall–Kier alpha value is -2.44. The Morgan fingerprint density at radius 1 is 1.15 bits per heavy atom. The van der Waals surface area contributed by atoms with E-state index in [1.807, 2.05) is 16.3 Å². The maximum atomic E-state index is 13.0. The van der Waals surface area contributed by atoms with Crippen LogP contribution >= 0.6 is 22.7 Å². The Bertz CT molecular complexity index is 961. The van der Waals surface area contributed by atoms with Crippen molar-refractivity contribution < 1.29 is 14.3 Å². The second-order valence-electron chi connectivity index (χ2n) is 6.43. The van der Waals surface area contributed by atoms with Crippen LogP contribution in [-0.4, -0.2) is 29.7 Å². The Morgan fingerprint density at radius 2 is 2.04 bits per heavy atom. The first kappa shape index (κ1) is 17.9. The number of nitrogens with zero attached hydrogens (tertiary/aromatic N) is 1. The van der Waals surface area contributed by atoms with Gasteiger partial charge in [0.15, 0.2) is 12.4 Å². The average Bonchev–Trinajstić information content (AvgIpc) is 3.37. The zero-order chi connectivity index (χ0) is 18.8. The Balaban J connectivity index is 1.52. The second kappa shape index (κ2) is 7.66. The van der Waals surface area contributed by atoms with E-state index in [4.69, 9.17) is 4.74 Å². The van der Waals surface area contributed by atoms with Crippen LogP contribution in [0.2, 0.25) is 0 Å². The molecule has 0 saturated carbocycles. The first-order valence-corrected chi connectivity index (χ1v) is 10.5. The molecule has 0 fully saturated rings. The van der Waals surface area contributed by atoms with Crippen LogP contribution in [0.15, 0.2) is 53.2 Å². The molecule has 1 amide bonds. The molecule has 138 valence electrons. The van der Waals surface area contributed by atoms with E-state index in [9.17, 15) is 9.59 Å². The SMILES string of the molecule is CC(=O)c1cccc(OCC(=O)N2CCc3sccc3C2c2cccs2)c1. The molecule has 0 radical (unpaired) electrons. The monoisotopic (exact) mass is 397 g/mol. The molecule has 1 aromatic carbocycles. The van der Waals surface area contributed by atoms with Gasteiger partial charge in [-0.1, -0.05) is 18.2 Å². The summed E-state index contributed by atoms with van der Waals surface area (Å²) >= 11 is 3.43. The number of hydrogen-bond donors (Lipinski definition) is 0. The van der Waals surface area contributed by atoms with Crippen molar-refractivity contribution in [1.82, 2.24) is 4.90 Å². The minimum absolute atomic E-state index is 0.0226. The highest BCUT2D eigenvalue weighted by molar-refractivity contribution is 7.10. The topological polar surface area (TPSA) is 46.6 Å². The van der Waals surface area contributed by atoms with Crippen molar-refractivity contribution in [2.75, 3.05) is 13.2 Å². The van der Waals surface area contributed by atoms with Crippen LogP contribution in [0, 0.1) is 0 Å². The van der Waals surface area contributed by atoms with E-state index in [0.717, 1.165) is 6.42 Å². The number of ether oxygens (including phenoxy) is 1. The second-order valence-corrected chi connectivity index (χ2v) is 8.41. The fraction of sp³-hybridized carbons (Fsp3) is 0.238. The van der Waals surface area contributed by atoms with Crippen LogP contribution < -0.4 is 4.74 Å². The van der Waals surface area contributed by atoms with Crippen LogP contribution in [0.1, 0.15) is 38.6 Å². The lowest BCUT2D eigenvalue weighted by Gasteiger charge is -2.35. The van der Waals surface area contributed by atoms with Gasteiger partial charge in [-0.3, -0.25) is 9.59 Å². The molecule has 4 rings (SSSR count).